The molecule has 100 valence electrons. The van der Waals surface area contributed by atoms with Gasteiger partial charge in [-0.1, -0.05) is 18.5 Å². The third-order valence-corrected chi connectivity index (χ3v) is 3.53. The molecule has 1 aliphatic rings. The molecular formula is C13H19ClN2O2. The SMILES string of the molecule is CCCn1cc(Cl)cc1C(=O)NCC1CC(O)C1. The lowest BCUT2D eigenvalue weighted by molar-refractivity contribution is 0.0419. The van der Waals surface area contributed by atoms with Crippen LogP contribution in [-0.2, 0) is 6.54 Å². The van der Waals surface area contributed by atoms with Gasteiger partial charge in [0.2, 0.25) is 0 Å². The first kappa shape index (κ1) is 13.4. The van der Waals surface area contributed by atoms with Crippen LogP contribution < -0.4 is 5.32 Å². The van der Waals surface area contributed by atoms with Crippen LogP contribution in [0.4, 0.5) is 0 Å². The van der Waals surface area contributed by atoms with Crippen LogP contribution in [0.5, 0.6) is 0 Å². The molecule has 2 rings (SSSR count). The van der Waals surface area contributed by atoms with Gasteiger partial charge in [-0.15, -0.1) is 0 Å². The van der Waals surface area contributed by atoms with E-state index >= 15 is 0 Å². The number of carbonyl (C=O) groups is 1. The van der Waals surface area contributed by atoms with Crippen molar-refractivity contribution >= 4 is 17.5 Å². The summed E-state index contributed by atoms with van der Waals surface area (Å²) in [6.45, 7) is 3.48. The fourth-order valence-corrected chi connectivity index (χ4v) is 2.51. The van der Waals surface area contributed by atoms with E-state index < -0.39 is 0 Å². The van der Waals surface area contributed by atoms with E-state index in [0.717, 1.165) is 25.8 Å². The number of aryl methyl sites for hydroxylation is 1. The Bertz CT molecular complexity index is 425. The molecule has 1 aliphatic carbocycles. The van der Waals surface area contributed by atoms with Gasteiger partial charge in [-0.3, -0.25) is 4.79 Å². The Labute approximate surface area is 112 Å². The molecule has 1 saturated carbocycles. The smallest absolute Gasteiger partial charge is 0.267 e. The number of aromatic nitrogens is 1. The fraction of sp³-hybridized carbons (Fsp3) is 0.615. The highest BCUT2D eigenvalue weighted by Crippen LogP contribution is 2.26. The molecule has 1 aromatic rings. The second kappa shape index (κ2) is 5.76. The third-order valence-electron chi connectivity index (χ3n) is 3.32. The lowest BCUT2D eigenvalue weighted by Gasteiger charge is -2.31. The summed E-state index contributed by atoms with van der Waals surface area (Å²) in [6.07, 6.45) is 4.14. The standard InChI is InChI=1S/C13H19ClN2O2/c1-2-3-16-8-10(14)6-12(16)13(18)15-7-9-4-11(17)5-9/h6,8-9,11,17H,2-5,7H2,1H3,(H,15,18). The van der Waals surface area contributed by atoms with Crippen LogP contribution in [0.1, 0.15) is 36.7 Å². The molecule has 0 atom stereocenters. The van der Waals surface area contributed by atoms with E-state index in [1.165, 1.54) is 0 Å². The Morgan fingerprint density at radius 2 is 2.33 bits per heavy atom. The zero-order chi connectivity index (χ0) is 13.1. The summed E-state index contributed by atoms with van der Waals surface area (Å²) in [5.41, 5.74) is 0.613. The number of aliphatic hydroxyl groups is 1. The quantitative estimate of drug-likeness (QED) is 0.860. The summed E-state index contributed by atoms with van der Waals surface area (Å²) in [7, 11) is 0. The van der Waals surface area contributed by atoms with E-state index in [-0.39, 0.29) is 12.0 Å². The Morgan fingerprint density at radius 3 is 2.94 bits per heavy atom. The van der Waals surface area contributed by atoms with Crippen molar-refractivity contribution in [1.29, 1.82) is 0 Å². The Kier molecular flexibility index (Phi) is 4.30. The highest BCUT2D eigenvalue weighted by molar-refractivity contribution is 6.31. The first-order valence-electron chi connectivity index (χ1n) is 6.42. The molecule has 0 radical (unpaired) electrons. The van der Waals surface area contributed by atoms with Gasteiger partial charge in [0.05, 0.1) is 11.1 Å². The molecule has 0 bridgehead atoms. The molecule has 18 heavy (non-hydrogen) atoms. The van der Waals surface area contributed by atoms with E-state index in [0.29, 0.717) is 23.2 Å². The predicted molar refractivity (Wildman–Crippen MR) is 70.8 cm³/mol. The Balaban J connectivity index is 1.91. The molecular weight excluding hydrogens is 252 g/mol. The minimum absolute atomic E-state index is 0.0864. The normalized spacial score (nSPS) is 22.6. The molecule has 4 nitrogen and oxygen atoms in total. The van der Waals surface area contributed by atoms with Gasteiger partial charge in [0, 0.05) is 19.3 Å². The number of amides is 1. The van der Waals surface area contributed by atoms with Crippen molar-refractivity contribution < 1.29 is 9.90 Å². The van der Waals surface area contributed by atoms with E-state index in [1.807, 2.05) is 4.57 Å². The number of halogens is 1. The second-order valence-corrected chi connectivity index (χ2v) is 5.37. The van der Waals surface area contributed by atoms with Gasteiger partial charge in [0.15, 0.2) is 0 Å². The predicted octanol–water partition coefficient (Wildman–Crippen LogP) is 2.05. The van der Waals surface area contributed by atoms with Crippen molar-refractivity contribution in [1.82, 2.24) is 9.88 Å². The summed E-state index contributed by atoms with van der Waals surface area (Å²) < 4.78 is 1.88. The van der Waals surface area contributed by atoms with Gasteiger partial charge in [-0.05, 0) is 31.2 Å². The van der Waals surface area contributed by atoms with E-state index in [2.05, 4.69) is 12.2 Å². The van der Waals surface area contributed by atoms with E-state index in [4.69, 9.17) is 11.6 Å². The minimum Gasteiger partial charge on any atom is -0.393 e. The first-order chi connectivity index (χ1) is 8.60. The van der Waals surface area contributed by atoms with E-state index in [9.17, 15) is 9.90 Å². The zero-order valence-electron chi connectivity index (χ0n) is 10.5. The molecule has 0 spiro atoms. The molecule has 1 heterocycles. The molecule has 5 heteroatoms. The third kappa shape index (κ3) is 3.06. The maximum Gasteiger partial charge on any atom is 0.267 e. The van der Waals surface area contributed by atoms with Gasteiger partial charge < -0.3 is 15.0 Å². The molecule has 1 fully saturated rings. The molecule has 0 unspecified atom stereocenters. The van der Waals surface area contributed by atoms with Crippen LogP contribution in [0.15, 0.2) is 12.3 Å². The summed E-state index contributed by atoms with van der Waals surface area (Å²) in [5, 5.41) is 12.7. The molecule has 1 aromatic heterocycles. The maximum atomic E-state index is 12.0. The lowest BCUT2D eigenvalue weighted by Crippen LogP contribution is -2.38. The van der Waals surface area contributed by atoms with Crippen LogP contribution >= 0.6 is 11.6 Å². The zero-order valence-corrected chi connectivity index (χ0v) is 11.3. The summed E-state index contributed by atoms with van der Waals surface area (Å²) >= 11 is 5.93. The average Bonchev–Trinajstić information content (AvgIpc) is 2.64. The van der Waals surface area contributed by atoms with Crippen LogP contribution in [0.2, 0.25) is 5.02 Å². The van der Waals surface area contributed by atoms with Gasteiger partial charge in [0.1, 0.15) is 5.69 Å². The van der Waals surface area contributed by atoms with Crippen LogP contribution in [0.25, 0.3) is 0 Å². The van der Waals surface area contributed by atoms with Gasteiger partial charge in [-0.2, -0.15) is 0 Å². The maximum absolute atomic E-state index is 12.0. The van der Waals surface area contributed by atoms with Gasteiger partial charge >= 0.3 is 0 Å². The number of hydrogen-bond donors (Lipinski definition) is 2. The average molecular weight is 271 g/mol. The summed E-state index contributed by atoms with van der Waals surface area (Å²) in [4.78, 5) is 12.0. The number of aliphatic hydroxyl groups excluding tert-OH is 1. The number of nitrogens with one attached hydrogen (secondary N) is 1. The number of nitrogens with zero attached hydrogens (tertiary/aromatic N) is 1. The lowest BCUT2D eigenvalue weighted by atomic mass is 9.82. The van der Waals surface area contributed by atoms with Crippen molar-refractivity contribution in [3.8, 4) is 0 Å². The van der Waals surface area contributed by atoms with Crippen molar-refractivity contribution in [3.05, 3.63) is 23.0 Å². The Morgan fingerprint density at radius 1 is 1.61 bits per heavy atom. The van der Waals surface area contributed by atoms with Crippen molar-refractivity contribution in [2.45, 2.75) is 38.8 Å². The summed E-state index contributed by atoms with van der Waals surface area (Å²) in [5.74, 6) is 0.325. The number of hydrogen-bond acceptors (Lipinski definition) is 2. The monoisotopic (exact) mass is 270 g/mol. The van der Waals surface area contributed by atoms with Gasteiger partial charge in [-0.25, -0.2) is 0 Å². The van der Waals surface area contributed by atoms with Crippen molar-refractivity contribution in [2.24, 2.45) is 5.92 Å². The molecule has 0 aliphatic heterocycles. The number of rotatable bonds is 5. The Hall–Kier alpha value is -1.00. The van der Waals surface area contributed by atoms with Crippen LogP contribution in [0, 0.1) is 5.92 Å². The van der Waals surface area contributed by atoms with Gasteiger partial charge in [0.25, 0.3) is 5.91 Å². The molecule has 0 aromatic carbocycles. The van der Waals surface area contributed by atoms with Crippen LogP contribution in [-0.4, -0.2) is 28.2 Å². The van der Waals surface area contributed by atoms with Crippen molar-refractivity contribution in [3.63, 3.8) is 0 Å². The summed E-state index contributed by atoms with van der Waals surface area (Å²) in [6, 6.07) is 1.70. The second-order valence-electron chi connectivity index (χ2n) is 4.94. The minimum atomic E-state index is -0.176. The largest absolute Gasteiger partial charge is 0.393 e. The van der Waals surface area contributed by atoms with Crippen molar-refractivity contribution in [2.75, 3.05) is 6.54 Å². The highest BCUT2D eigenvalue weighted by atomic mass is 35.5. The molecule has 0 saturated heterocycles. The first-order valence-corrected chi connectivity index (χ1v) is 6.80. The molecule has 2 N–H and O–H groups in total. The number of carbonyl (C=O) groups excluding carboxylic acids is 1. The van der Waals surface area contributed by atoms with Crippen LogP contribution in [0.3, 0.4) is 0 Å². The topological polar surface area (TPSA) is 54.3 Å². The van der Waals surface area contributed by atoms with E-state index in [1.54, 1.807) is 12.3 Å². The fourth-order valence-electron chi connectivity index (χ4n) is 2.29. The highest BCUT2D eigenvalue weighted by Gasteiger charge is 2.27. The molecule has 1 amide bonds.